The first-order valence-corrected chi connectivity index (χ1v) is 13.5. The molecular formula is C29H34FN7O. The third kappa shape index (κ3) is 4.83. The number of piperazine rings is 1. The lowest BCUT2D eigenvalue weighted by atomic mass is 9.90. The molecule has 38 heavy (non-hydrogen) atoms. The second-order valence-electron chi connectivity index (χ2n) is 10.5. The first kappa shape index (κ1) is 24.8. The third-order valence-electron chi connectivity index (χ3n) is 8.20. The molecule has 198 valence electrons. The Kier molecular flexibility index (Phi) is 6.95. The number of fused-ring (bicyclic) bond motifs is 1. The summed E-state index contributed by atoms with van der Waals surface area (Å²) in [7, 11) is 1.90. The Balaban J connectivity index is 1.24. The molecule has 0 aliphatic carbocycles. The molecule has 6 rings (SSSR count). The van der Waals surface area contributed by atoms with E-state index in [1.54, 1.807) is 12.7 Å². The van der Waals surface area contributed by atoms with Gasteiger partial charge in [0, 0.05) is 42.4 Å². The molecule has 2 aromatic heterocycles. The Labute approximate surface area is 221 Å². The van der Waals surface area contributed by atoms with Crippen LogP contribution in [-0.4, -0.2) is 74.2 Å². The molecular weight excluding hydrogens is 481 g/mol. The van der Waals surface area contributed by atoms with Gasteiger partial charge in [-0.25, -0.2) is 4.39 Å². The van der Waals surface area contributed by atoms with Gasteiger partial charge in [-0.2, -0.15) is 0 Å². The lowest BCUT2D eigenvalue weighted by Crippen LogP contribution is -2.61. The first-order chi connectivity index (χ1) is 18.6. The van der Waals surface area contributed by atoms with Crippen LogP contribution in [0.1, 0.15) is 42.9 Å². The zero-order valence-electron chi connectivity index (χ0n) is 21.7. The molecule has 4 aromatic rings. The predicted octanol–water partition coefficient (Wildman–Crippen LogP) is 3.85. The number of likely N-dealkylation sites (N-methyl/N-ethyl adjacent to an activating group) is 1. The van der Waals surface area contributed by atoms with Gasteiger partial charge in [-0.3, -0.25) is 14.3 Å². The van der Waals surface area contributed by atoms with Gasteiger partial charge in [0.05, 0.1) is 12.1 Å². The zero-order chi connectivity index (χ0) is 26.1. The Hall–Kier alpha value is -3.56. The minimum Gasteiger partial charge on any atom is -0.361 e. The molecule has 2 N–H and O–H groups in total. The van der Waals surface area contributed by atoms with Gasteiger partial charge >= 0.3 is 0 Å². The Morgan fingerprint density at radius 2 is 1.82 bits per heavy atom. The molecule has 0 radical (unpaired) electrons. The monoisotopic (exact) mass is 515 g/mol. The smallest absolute Gasteiger partial charge is 0.239 e. The number of H-pyrrole nitrogens is 1. The second kappa shape index (κ2) is 10.7. The van der Waals surface area contributed by atoms with Crippen molar-refractivity contribution in [2.75, 3.05) is 26.7 Å². The summed E-state index contributed by atoms with van der Waals surface area (Å²) in [4.78, 5) is 21.3. The molecule has 2 aliphatic rings. The largest absolute Gasteiger partial charge is 0.361 e. The molecule has 1 amide bonds. The van der Waals surface area contributed by atoms with E-state index >= 15 is 0 Å². The van der Waals surface area contributed by atoms with Gasteiger partial charge in [-0.05, 0) is 86.7 Å². The lowest BCUT2D eigenvalue weighted by molar-refractivity contribution is -0.147. The first-order valence-electron chi connectivity index (χ1n) is 13.5. The van der Waals surface area contributed by atoms with E-state index in [9.17, 15) is 9.18 Å². The average molecular weight is 516 g/mol. The number of halogens is 1. The number of aromatic nitrogens is 4. The number of rotatable bonds is 7. The van der Waals surface area contributed by atoms with E-state index in [-0.39, 0.29) is 23.8 Å². The number of aromatic amines is 1. The van der Waals surface area contributed by atoms with Gasteiger partial charge in [0.2, 0.25) is 5.91 Å². The Bertz CT molecular complexity index is 1380. The molecule has 9 heteroatoms. The van der Waals surface area contributed by atoms with Crippen molar-refractivity contribution in [2.45, 2.75) is 50.2 Å². The maximum absolute atomic E-state index is 13.7. The zero-order valence-corrected chi connectivity index (χ0v) is 21.7. The highest BCUT2D eigenvalue weighted by molar-refractivity contribution is 5.85. The van der Waals surface area contributed by atoms with Gasteiger partial charge in [0.15, 0.2) is 0 Å². The summed E-state index contributed by atoms with van der Waals surface area (Å²) in [6.45, 7) is 2.54. The maximum Gasteiger partial charge on any atom is 0.239 e. The van der Waals surface area contributed by atoms with Gasteiger partial charge in [-0.15, -0.1) is 10.2 Å². The van der Waals surface area contributed by atoms with Crippen molar-refractivity contribution in [3.05, 3.63) is 78.3 Å². The number of piperidine rings is 1. The summed E-state index contributed by atoms with van der Waals surface area (Å²) in [6.07, 6.45) is 10.1. The van der Waals surface area contributed by atoms with Crippen molar-refractivity contribution in [2.24, 2.45) is 0 Å². The van der Waals surface area contributed by atoms with E-state index in [1.807, 2.05) is 28.6 Å². The topological polar surface area (TPSA) is 82.1 Å². The van der Waals surface area contributed by atoms with Crippen LogP contribution in [0.15, 0.2) is 61.3 Å². The van der Waals surface area contributed by atoms with Crippen LogP contribution in [0.5, 0.6) is 0 Å². The maximum atomic E-state index is 13.7. The Morgan fingerprint density at radius 1 is 1.05 bits per heavy atom. The summed E-state index contributed by atoms with van der Waals surface area (Å²) in [6, 6.07) is 13.3. The normalized spacial score (nSPS) is 21.4. The van der Waals surface area contributed by atoms with Crippen LogP contribution < -0.4 is 5.32 Å². The molecule has 2 aromatic carbocycles. The van der Waals surface area contributed by atoms with E-state index in [2.05, 4.69) is 49.8 Å². The fraction of sp³-hybridized carbons (Fsp3) is 0.414. The predicted molar refractivity (Wildman–Crippen MR) is 144 cm³/mol. The number of hydrogen-bond acceptors (Lipinski definition) is 5. The minimum atomic E-state index is -0.231. The summed E-state index contributed by atoms with van der Waals surface area (Å²) in [5.74, 6) is -0.0409. The number of hydrogen-bond donors (Lipinski definition) is 2. The summed E-state index contributed by atoms with van der Waals surface area (Å²) in [5.41, 5.74) is 4.44. The molecule has 2 unspecified atom stereocenters. The summed E-state index contributed by atoms with van der Waals surface area (Å²) in [5, 5.41) is 12.5. The standard InChI is InChI=1S/C29H34FN7O/c1-35-17-28(20-5-7-22(30)8-6-20)37(23-11-13-31-14-12-23)27(29(35)38)4-2-3-21-16-32-26-10-9-24(15-25(21)26)36-18-33-34-19-36/h5-10,15-16,18-19,23,27-28,31-32H,2-4,11-14,17H2,1H3. The van der Waals surface area contributed by atoms with Crippen LogP contribution >= 0.6 is 0 Å². The van der Waals surface area contributed by atoms with E-state index < -0.39 is 0 Å². The van der Waals surface area contributed by atoms with Gasteiger partial charge in [0.25, 0.3) is 0 Å². The summed E-state index contributed by atoms with van der Waals surface area (Å²) < 4.78 is 15.6. The lowest BCUT2D eigenvalue weighted by Gasteiger charge is -2.50. The van der Waals surface area contributed by atoms with Crippen LogP contribution in [-0.2, 0) is 11.2 Å². The van der Waals surface area contributed by atoms with Gasteiger partial charge in [0.1, 0.15) is 18.5 Å². The van der Waals surface area contributed by atoms with Gasteiger partial charge in [-0.1, -0.05) is 12.1 Å². The van der Waals surface area contributed by atoms with E-state index in [4.69, 9.17) is 0 Å². The minimum absolute atomic E-state index is 0.0610. The number of carbonyl (C=O) groups excluding carboxylic acids is 1. The quantitative estimate of drug-likeness (QED) is 0.391. The van der Waals surface area contributed by atoms with Crippen molar-refractivity contribution in [1.82, 2.24) is 34.9 Å². The second-order valence-corrected chi connectivity index (χ2v) is 10.5. The van der Waals surface area contributed by atoms with E-state index in [0.717, 1.165) is 62.0 Å². The SMILES string of the molecule is CN1CC(c2ccc(F)cc2)N(C2CCNCC2)C(CCCc2c[nH]c3ccc(-n4cnnc4)cc23)C1=O. The average Bonchev–Trinajstić information content (AvgIpc) is 3.62. The highest BCUT2D eigenvalue weighted by Gasteiger charge is 2.43. The summed E-state index contributed by atoms with van der Waals surface area (Å²) >= 11 is 0. The number of nitrogens with one attached hydrogen (secondary N) is 2. The van der Waals surface area contributed by atoms with Crippen LogP contribution in [0.4, 0.5) is 4.39 Å². The molecule has 4 heterocycles. The van der Waals surface area contributed by atoms with Crippen LogP contribution in [0.3, 0.4) is 0 Å². The van der Waals surface area contributed by atoms with E-state index in [0.29, 0.717) is 12.6 Å². The highest BCUT2D eigenvalue weighted by atomic mass is 19.1. The number of amides is 1. The van der Waals surface area contributed by atoms with Crippen molar-refractivity contribution in [1.29, 1.82) is 0 Å². The fourth-order valence-corrected chi connectivity index (χ4v) is 6.25. The number of nitrogens with zero attached hydrogens (tertiary/aromatic N) is 5. The van der Waals surface area contributed by atoms with Crippen LogP contribution in [0, 0.1) is 5.82 Å². The Morgan fingerprint density at radius 3 is 2.58 bits per heavy atom. The molecule has 2 atom stereocenters. The van der Waals surface area contributed by atoms with Crippen molar-refractivity contribution in [3.63, 3.8) is 0 Å². The van der Waals surface area contributed by atoms with Crippen molar-refractivity contribution in [3.8, 4) is 5.69 Å². The van der Waals surface area contributed by atoms with Crippen LogP contribution in [0.25, 0.3) is 16.6 Å². The number of aryl methyl sites for hydroxylation is 1. The van der Waals surface area contributed by atoms with Gasteiger partial charge < -0.3 is 15.2 Å². The third-order valence-corrected chi connectivity index (χ3v) is 8.20. The molecule has 8 nitrogen and oxygen atoms in total. The molecule has 0 spiro atoms. The van der Waals surface area contributed by atoms with Crippen LogP contribution in [0.2, 0.25) is 0 Å². The number of carbonyl (C=O) groups is 1. The molecule has 2 fully saturated rings. The molecule has 2 aliphatic heterocycles. The fourth-order valence-electron chi connectivity index (χ4n) is 6.25. The number of benzene rings is 2. The molecule has 2 saturated heterocycles. The van der Waals surface area contributed by atoms with E-state index in [1.165, 1.54) is 23.1 Å². The molecule has 0 saturated carbocycles. The van der Waals surface area contributed by atoms with Crippen molar-refractivity contribution < 1.29 is 9.18 Å². The van der Waals surface area contributed by atoms with Crippen molar-refractivity contribution >= 4 is 16.8 Å². The molecule has 0 bridgehead atoms. The highest BCUT2D eigenvalue weighted by Crippen LogP contribution is 2.35.